The van der Waals surface area contributed by atoms with E-state index in [1.54, 1.807) is 0 Å². The molecule has 1 spiro atoms. The van der Waals surface area contributed by atoms with E-state index in [4.69, 9.17) is 9.47 Å². The number of esters is 1. The molecule has 0 N–H and O–H groups in total. The van der Waals surface area contributed by atoms with E-state index in [9.17, 15) is 9.59 Å². The number of piperidine rings is 1. The van der Waals surface area contributed by atoms with Crippen LogP contribution in [-0.2, 0) is 14.3 Å². The zero-order valence-electron chi connectivity index (χ0n) is 14.9. The van der Waals surface area contributed by atoms with E-state index < -0.39 is 0 Å². The second kappa shape index (κ2) is 8.00. The van der Waals surface area contributed by atoms with Crippen molar-refractivity contribution in [1.82, 2.24) is 4.90 Å². The smallest absolute Gasteiger partial charge is 0.305 e. The first-order valence-electron chi connectivity index (χ1n) is 9.30. The van der Waals surface area contributed by atoms with E-state index in [-0.39, 0.29) is 23.6 Å². The van der Waals surface area contributed by atoms with Crippen LogP contribution in [0.2, 0.25) is 0 Å². The molecule has 2 heterocycles. The number of amides is 1. The van der Waals surface area contributed by atoms with E-state index in [1.807, 2.05) is 42.2 Å². The van der Waals surface area contributed by atoms with Gasteiger partial charge >= 0.3 is 5.97 Å². The van der Waals surface area contributed by atoms with E-state index in [0.717, 1.165) is 37.8 Å². The topological polar surface area (TPSA) is 55.8 Å². The van der Waals surface area contributed by atoms with Gasteiger partial charge in [0, 0.05) is 25.1 Å². The van der Waals surface area contributed by atoms with Gasteiger partial charge in [0.2, 0.25) is 0 Å². The summed E-state index contributed by atoms with van der Waals surface area (Å²) in [4.78, 5) is 26.2. The molecule has 2 atom stereocenters. The maximum atomic E-state index is 12.7. The summed E-state index contributed by atoms with van der Waals surface area (Å²) in [6.07, 6.45) is 5.06. The van der Waals surface area contributed by atoms with Gasteiger partial charge in [-0.2, -0.15) is 0 Å². The predicted octanol–water partition coefficient (Wildman–Crippen LogP) is 3.18. The van der Waals surface area contributed by atoms with Crippen molar-refractivity contribution in [2.24, 2.45) is 0 Å². The molecule has 0 aromatic heterocycles. The van der Waals surface area contributed by atoms with Gasteiger partial charge in [-0.05, 0) is 51.2 Å². The number of rotatable bonds is 5. The third kappa shape index (κ3) is 4.40. The predicted molar refractivity (Wildman–Crippen MR) is 94.3 cm³/mol. The summed E-state index contributed by atoms with van der Waals surface area (Å²) >= 11 is 0. The van der Waals surface area contributed by atoms with E-state index in [2.05, 4.69) is 0 Å². The van der Waals surface area contributed by atoms with Crippen molar-refractivity contribution in [3.05, 3.63) is 35.9 Å². The van der Waals surface area contributed by atoms with Crippen LogP contribution in [0.25, 0.3) is 0 Å². The van der Waals surface area contributed by atoms with Crippen LogP contribution in [0.1, 0.15) is 55.8 Å². The van der Waals surface area contributed by atoms with Crippen molar-refractivity contribution in [1.29, 1.82) is 0 Å². The second-order valence-corrected chi connectivity index (χ2v) is 7.00. The first kappa shape index (κ1) is 17.9. The fourth-order valence-electron chi connectivity index (χ4n) is 3.95. The number of hydrogen-bond acceptors (Lipinski definition) is 4. The van der Waals surface area contributed by atoms with Gasteiger partial charge in [-0.25, -0.2) is 0 Å². The molecule has 2 fully saturated rings. The van der Waals surface area contributed by atoms with Crippen molar-refractivity contribution in [3.63, 3.8) is 0 Å². The number of carbonyl (C=O) groups excluding carboxylic acids is 2. The Labute approximate surface area is 149 Å². The van der Waals surface area contributed by atoms with Crippen LogP contribution in [0.3, 0.4) is 0 Å². The molecule has 1 aromatic rings. The zero-order chi connectivity index (χ0) is 17.7. The Bertz CT molecular complexity index is 603. The summed E-state index contributed by atoms with van der Waals surface area (Å²) < 4.78 is 11.3. The van der Waals surface area contributed by atoms with Crippen molar-refractivity contribution >= 4 is 11.9 Å². The minimum Gasteiger partial charge on any atom is -0.466 e. The third-order valence-corrected chi connectivity index (χ3v) is 5.16. The van der Waals surface area contributed by atoms with Gasteiger partial charge in [0.15, 0.2) is 0 Å². The Morgan fingerprint density at radius 3 is 2.84 bits per heavy atom. The first-order chi connectivity index (χ1) is 12.1. The molecular formula is C20H27NO4. The number of ether oxygens (including phenoxy) is 2. The molecule has 5 heteroatoms. The van der Waals surface area contributed by atoms with Crippen LogP contribution in [0.5, 0.6) is 0 Å². The lowest BCUT2D eigenvalue weighted by molar-refractivity contribution is -0.144. The highest BCUT2D eigenvalue weighted by atomic mass is 16.5. The van der Waals surface area contributed by atoms with Crippen molar-refractivity contribution in [3.8, 4) is 0 Å². The SMILES string of the molecule is CCOC(=O)CC[C@@H]1CC[C@]2(CCCN(C(=O)c3ccccc3)C2)O1. The van der Waals surface area contributed by atoms with Gasteiger partial charge < -0.3 is 14.4 Å². The van der Waals surface area contributed by atoms with Crippen LogP contribution in [0.15, 0.2) is 30.3 Å². The van der Waals surface area contributed by atoms with Gasteiger partial charge in [0.05, 0.1) is 18.3 Å². The van der Waals surface area contributed by atoms with Crippen LogP contribution in [0.4, 0.5) is 0 Å². The number of carbonyl (C=O) groups is 2. The summed E-state index contributed by atoms with van der Waals surface area (Å²) in [7, 11) is 0. The lowest BCUT2D eigenvalue weighted by atomic mass is 9.89. The molecular weight excluding hydrogens is 318 g/mol. The molecule has 0 saturated carbocycles. The monoisotopic (exact) mass is 345 g/mol. The normalized spacial score (nSPS) is 26.0. The molecule has 0 bridgehead atoms. The summed E-state index contributed by atoms with van der Waals surface area (Å²) in [5.74, 6) is -0.0742. The zero-order valence-corrected chi connectivity index (χ0v) is 14.9. The molecule has 25 heavy (non-hydrogen) atoms. The Hall–Kier alpha value is -1.88. The van der Waals surface area contributed by atoms with E-state index >= 15 is 0 Å². The maximum Gasteiger partial charge on any atom is 0.305 e. The fourth-order valence-corrected chi connectivity index (χ4v) is 3.95. The molecule has 2 aliphatic heterocycles. The molecule has 2 aliphatic rings. The Kier molecular flexibility index (Phi) is 5.74. The highest BCUT2D eigenvalue weighted by molar-refractivity contribution is 5.94. The van der Waals surface area contributed by atoms with Crippen molar-refractivity contribution in [2.75, 3.05) is 19.7 Å². The molecule has 0 radical (unpaired) electrons. The van der Waals surface area contributed by atoms with Crippen LogP contribution < -0.4 is 0 Å². The molecule has 1 amide bonds. The fraction of sp³-hybridized carbons (Fsp3) is 0.600. The summed E-state index contributed by atoms with van der Waals surface area (Å²) in [6.45, 7) is 3.67. The van der Waals surface area contributed by atoms with Gasteiger partial charge in [0.1, 0.15) is 0 Å². The quantitative estimate of drug-likeness (QED) is 0.769. The van der Waals surface area contributed by atoms with E-state index in [1.165, 1.54) is 0 Å². The Morgan fingerprint density at radius 1 is 1.28 bits per heavy atom. The van der Waals surface area contributed by atoms with E-state index in [0.29, 0.717) is 26.0 Å². The standard InChI is InChI=1S/C20H27NO4/c1-2-24-18(22)10-9-17-11-13-20(25-17)12-6-14-21(15-20)19(23)16-7-4-3-5-8-16/h3-5,7-8,17H,2,6,9-15H2,1H3/t17-,20+/m1/s1. The average Bonchev–Trinajstić information content (AvgIpc) is 3.02. The Morgan fingerprint density at radius 2 is 2.08 bits per heavy atom. The summed E-state index contributed by atoms with van der Waals surface area (Å²) in [5, 5.41) is 0. The van der Waals surface area contributed by atoms with Crippen LogP contribution in [0, 0.1) is 0 Å². The number of hydrogen-bond donors (Lipinski definition) is 0. The minimum atomic E-state index is -0.234. The lowest BCUT2D eigenvalue weighted by Crippen LogP contribution is -2.50. The second-order valence-electron chi connectivity index (χ2n) is 7.00. The molecule has 5 nitrogen and oxygen atoms in total. The highest BCUT2D eigenvalue weighted by Crippen LogP contribution is 2.39. The summed E-state index contributed by atoms with van der Waals surface area (Å²) in [6, 6.07) is 9.43. The van der Waals surface area contributed by atoms with Crippen molar-refractivity contribution < 1.29 is 19.1 Å². The lowest BCUT2D eigenvalue weighted by Gasteiger charge is -2.40. The molecule has 2 saturated heterocycles. The summed E-state index contributed by atoms with van der Waals surface area (Å²) in [5.41, 5.74) is 0.499. The Balaban J connectivity index is 1.56. The number of benzene rings is 1. The molecule has 0 aliphatic carbocycles. The minimum absolute atomic E-state index is 0.0817. The molecule has 0 unspecified atom stereocenters. The van der Waals surface area contributed by atoms with Gasteiger partial charge in [0.25, 0.3) is 5.91 Å². The maximum absolute atomic E-state index is 12.7. The number of nitrogens with zero attached hydrogens (tertiary/aromatic N) is 1. The van der Waals surface area contributed by atoms with Crippen LogP contribution >= 0.6 is 0 Å². The van der Waals surface area contributed by atoms with Gasteiger partial charge in [-0.15, -0.1) is 0 Å². The molecule has 1 aromatic carbocycles. The largest absolute Gasteiger partial charge is 0.466 e. The van der Waals surface area contributed by atoms with Gasteiger partial charge in [-0.3, -0.25) is 9.59 Å². The van der Waals surface area contributed by atoms with Crippen LogP contribution in [-0.4, -0.2) is 48.2 Å². The van der Waals surface area contributed by atoms with Crippen molar-refractivity contribution in [2.45, 2.75) is 57.2 Å². The third-order valence-electron chi connectivity index (χ3n) is 5.16. The number of likely N-dealkylation sites (tertiary alicyclic amines) is 1. The average molecular weight is 345 g/mol. The first-order valence-corrected chi connectivity index (χ1v) is 9.30. The molecule has 136 valence electrons. The van der Waals surface area contributed by atoms with Gasteiger partial charge in [-0.1, -0.05) is 18.2 Å². The molecule has 3 rings (SSSR count). The highest BCUT2D eigenvalue weighted by Gasteiger charge is 2.44.